The molecule has 0 radical (unpaired) electrons. The van der Waals surface area contributed by atoms with Crippen molar-refractivity contribution in [1.82, 2.24) is 15.6 Å². The molecule has 0 amide bonds. The molecule has 6 heteroatoms. The highest BCUT2D eigenvalue weighted by Gasteiger charge is 2.11. The van der Waals surface area contributed by atoms with E-state index in [9.17, 15) is 0 Å². The van der Waals surface area contributed by atoms with Crippen LogP contribution >= 0.6 is 0 Å². The number of hydrogen-bond donors (Lipinski definition) is 2. The first-order valence-corrected chi connectivity index (χ1v) is 8.16. The van der Waals surface area contributed by atoms with E-state index in [1.807, 2.05) is 39.0 Å². The van der Waals surface area contributed by atoms with Crippen molar-refractivity contribution < 1.29 is 9.15 Å². The molecule has 130 valence electrons. The first kappa shape index (κ1) is 18.0. The minimum Gasteiger partial charge on any atom is -0.444 e. The number of aliphatic imine (C=N–C) groups is 1. The maximum atomic E-state index is 5.57. The molecule has 0 saturated heterocycles. The van der Waals surface area contributed by atoms with Crippen LogP contribution in [0.15, 0.2) is 39.7 Å². The molecule has 1 aromatic heterocycles. The lowest BCUT2D eigenvalue weighted by molar-refractivity contribution is 0.106. The molecule has 0 fully saturated rings. The number of methoxy groups -OCH3 is 1. The summed E-state index contributed by atoms with van der Waals surface area (Å²) in [6.45, 7) is 7.66. The van der Waals surface area contributed by atoms with Gasteiger partial charge in [0.2, 0.25) is 5.89 Å². The molecule has 6 nitrogen and oxygen atoms in total. The van der Waals surface area contributed by atoms with E-state index >= 15 is 0 Å². The zero-order valence-corrected chi connectivity index (χ0v) is 14.8. The second-order valence-electron chi connectivity index (χ2n) is 5.46. The van der Waals surface area contributed by atoms with Gasteiger partial charge in [-0.2, -0.15) is 0 Å². The fourth-order valence-electron chi connectivity index (χ4n) is 2.29. The first-order valence-electron chi connectivity index (χ1n) is 8.16. The molecule has 0 aliphatic rings. The molecule has 1 aromatic carbocycles. The molecular formula is C18H26N4O2. The Hall–Kier alpha value is -2.34. The van der Waals surface area contributed by atoms with E-state index in [0.29, 0.717) is 24.9 Å². The second-order valence-corrected chi connectivity index (χ2v) is 5.46. The van der Waals surface area contributed by atoms with Gasteiger partial charge in [-0.3, -0.25) is 0 Å². The topological polar surface area (TPSA) is 71.7 Å². The number of hydrogen-bond acceptors (Lipinski definition) is 4. The summed E-state index contributed by atoms with van der Waals surface area (Å²) >= 11 is 0. The van der Waals surface area contributed by atoms with E-state index in [1.165, 1.54) is 0 Å². The first-order chi connectivity index (χ1) is 11.6. The van der Waals surface area contributed by atoms with E-state index in [4.69, 9.17) is 9.15 Å². The van der Waals surface area contributed by atoms with Gasteiger partial charge in [0.15, 0.2) is 5.96 Å². The summed E-state index contributed by atoms with van der Waals surface area (Å²) in [5, 5.41) is 6.53. The van der Waals surface area contributed by atoms with Gasteiger partial charge >= 0.3 is 0 Å². The van der Waals surface area contributed by atoms with Crippen LogP contribution in [0.4, 0.5) is 0 Å². The average Bonchev–Trinajstić information content (AvgIpc) is 2.92. The minimum atomic E-state index is -0.0405. The highest BCUT2D eigenvalue weighted by Crippen LogP contribution is 2.14. The third-order valence-corrected chi connectivity index (χ3v) is 3.70. The Bertz CT molecular complexity index is 633. The molecule has 1 heterocycles. The van der Waals surface area contributed by atoms with Gasteiger partial charge in [-0.05, 0) is 26.3 Å². The van der Waals surface area contributed by atoms with E-state index in [0.717, 1.165) is 23.6 Å². The van der Waals surface area contributed by atoms with Crippen molar-refractivity contribution in [2.45, 2.75) is 33.4 Å². The molecule has 0 saturated carbocycles. The number of rotatable bonds is 7. The van der Waals surface area contributed by atoms with Gasteiger partial charge in [0, 0.05) is 20.2 Å². The van der Waals surface area contributed by atoms with Gasteiger partial charge in [-0.1, -0.05) is 30.3 Å². The van der Waals surface area contributed by atoms with Crippen molar-refractivity contribution in [3.8, 4) is 0 Å². The molecule has 1 atom stereocenters. The fraction of sp³-hybridized carbons (Fsp3) is 0.444. The number of guanidine groups is 1. The second kappa shape index (κ2) is 9.08. The Kier molecular flexibility index (Phi) is 6.81. The minimum absolute atomic E-state index is 0.0405. The maximum absolute atomic E-state index is 5.57. The standard InChI is InChI=1S/C18H26N4O2/c1-5-19-18(21-12-17-22-13(2)14(3)24-17)20-11-16(23-4)15-9-7-6-8-10-15/h6-10,16H,5,11-12H2,1-4H3,(H2,19,20,21). The van der Waals surface area contributed by atoms with Crippen molar-refractivity contribution in [3.05, 3.63) is 53.2 Å². The lowest BCUT2D eigenvalue weighted by atomic mass is 10.1. The van der Waals surface area contributed by atoms with Crippen LogP contribution in [0.1, 0.15) is 35.9 Å². The van der Waals surface area contributed by atoms with Crippen LogP contribution in [0.3, 0.4) is 0 Å². The molecule has 0 aliphatic heterocycles. The number of nitrogens with zero attached hydrogens (tertiary/aromatic N) is 2. The summed E-state index contributed by atoms with van der Waals surface area (Å²) < 4.78 is 11.1. The van der Waals surface area contributed by atoms with Crippen LogP contribution in [0.25, 0.3) is 0 Å². The highest BCUT2D eigenvalue weighted by atomic mass is 16.5. The maximum Gasteiger partial charge on any atom is 0.216 e. The summed E-state index contributed by atoms with van der Waals surface area (Å²) in [7, 11) is 1.71. The molecule has 0 aliphatic carbocycles. The number of oxazole rings is 1. The summed E-state index contributed by atoms with van der Waals surface area (Å²) in [6, 6.07) is 10.1. The number of benzene rings is 1. The third kappa shape index (κ3) is 5.09. The van der Waals surface area contributed by atoms with Crippen LogP contribution in [-0.2, 0) is 11.3 Å². The SMILES string of the molecule is CCNC(=NCc1nc(C)c(C)o1)NCC(OC)c1ccccc1. The summed E-state index contributed by atoms with van der Waals surface area (Å²) in [5.41, 5.74) is 2.03. The molecule has 2 rings (SSSR count). The molecule has 24 heavy (non-hydrogen) atoms. The van der Waals surface area contributed by atoms with Crippen molar-refractivity contribution in [2.75, 3.05) is 20.2 Å². The fourth-order valence-corrected chi connectivity index (χ4v) is 2.29. The lowest BCUT2D eigenvalue weighted by Crippen LogP contribution is -2.39. The Morgan fingerprint density at radius 3 is 2.58 bits per heavy atom. The number of aromatic nitrogens is 1. The molecule has 2 N–H and O–H groups in total. The zero-order chi connectivity index (χ0) is 17.4. The van der Waals surface area contributed by atoms with Gasteiger partial charge in [0.25, 0.3) is 0 Å². The average molecular weight is 330 g/mol. The Balaban J connectivity index is 1.98. The summed E-state index contributed by atoms with van der Waals surface area (Å²) in [6.07, 6.45) is -0.0405. The predicted molar refractivity (Wildman–Crippen MR) is 95.0 cm³/mol. The molecular weight excluding hydrogens is 304 g/mol. The van der Waals surface area contributed by atoms with Gasteiger partial charge in [-0.25, -0.2) is 9.98 Å². The van der Waals surface area contributed by atoms with Crippen molar-refractivity contribution >= 4 is 5.96 Å². The van der Waals surface area contributed by atoms with Crippen LogP contribution in [0.2, 0.25) is 0 Å². The van der Waals surface area contributed by atoms with E-state index in [-0.39, 0.29) is 6.10 Å². The number of ether oxygens (including phenoxy) is 1. The number of aryl methyl sites for hydroxylation is 2. The summed E-state index contributed by atoms with van der Waals surface area (Å²) in [4.78, 5) is 8.87. The Morgan fingerprint density at radius 2 is 2.00 bits per heavy atom. The van der Waals surface area contributed by atoms with Crippen LogP contribution in [0, 0.1) is 13.8 Å². The van der Waals surface area contributed by atoms with Crippen molar-refractivity contribution in [1.29, 1.82) is 0 Å². The third-order valence-electron chi connectivity index (χ3n) is 3.70. The monoisotopic (exact) mass is 330 g/mol. The zero-order valence-electron chi connectivity index (χ0n) is 14.8. The van der Waals surface area contributed by atoms with Crippen LogP contribution in [0.5, 0.6) is 0 Å². The van der Waals surface area contributed by atoms with E-state index in [2.05, 4.69) is 32.7 Å². The normalized spacial score (nSPS) is 12.9. The van der Waals surface area contributed by atoms with Crippen molar-refractivity contribution in [3.63, 3.8) is 0 Å². The summed E-state index contributed by atoms with van der Waals surface area (Å²) in [5.74, 6) is 2.17. The van der Waals surface area contributed by atoms with Crippen LogP contribution < -0.4 is 10.6 Å². The number of nitrogens with one attached hydrogen (secondary N) is 2. The molecule has 2 aromatic rings. The highest BCUT2D eigenvalue weighted by molar-refractivity contribution is 5.79. The largest absolute Gasteiger partial charge is 0.444 e. The quantitative estimate of drug-likeness (QED) is 0.603. The van der Waals surface area contributed by atoms with E-state index < -0.39 is 0 Å². The molecule has 0 spiro atoms. The molecule has 0 bridgehead atoms. The Morgan fingerprint density at radius 1 is 1.25 bits per heavy atom. The van der Waals surface area contributed by atoms with Gasteiger partial charge in [0.05, 0.1) is 11.8 Å². The van der Waals surface area contributed by atoms with Gasteiger partial charge < -0.3 is 19.8 Å². The predicted octanol–water partition coefficient (Wildman–Crippen LogP) is 2.73. The molecule has 1 unspecified atom stereocenters. The van der Waals surface area contributed by atoms with Gasteiger partial charge in [0.1, 0.15) is 12.3 Å². The van der Waals surface area contributed by atoms with E-state index in [1.54, 1.807) is 7.11 Å². The van der Waals surface area contributed by atoms with Crippen LogP contribution in [-0.4, -0.2) is 31.1 Å². The lowest BCUT2D eigenvalue weighted by Gasteiger charge is -2.18. The Labute approximate surface area is 143 Å². The van der Waals surface area contributed by atoms with Gasteiger partial charge in [-0.15, -0.1) is 0 Å². The van der Waals surface area contributed by atoms with Crippen molar-refractivity contribution in [2.24, 2.45) is 4.99 Å². The smallest absolute Gasteiger partial charge is 0.216 e.